The normalized spacial score (nSPS) is 15.8. The van der Waals surface area contributed by atoms with Gasteiger partial charge in [-0.3, -0.25) is 0 Å². The third-order valence-electron chi connectivity index (χ3n) is 2.37. The molecule has 0 saturated heterocycles. The Hall–Kier alpha value is -1.09. The van der Waals surface area contributed by atoms with E-state index < -0.39 is 0 Å². The van der Waals surface area contributed by atoms with Crippen LogP contribution in [0, 0.1) is 0 Å². The minimum atomic E-state index is 0.487. The number of hydrogen-bond acceptors (Lipinski definition) is 3. The summed E-state index contributed by atoms with van der Waals surface area (Å²) in [7, 11) is 1.64. The summed E-state index contributed by atoms with van der Waals surface area (Å²) in [5, 5.41) is 0. The van der Waals surface area contributed by atoms with Gasteiger partial charge in [-0.05, 0) is 18.9 Å². The predicted octanol–water partition coefficient (Wildman–Crippen LogP) is 1.43. The van der Waals surface area contributed by atoms with Crippen molar-refractivity contribution in [3.8, 4) is 5.88 Å². The van der Waals surface area contributed by atoms with Gasteiger partial charge in [-0.25, -0.2) is 4.98 Å². The second-order valence-corrected chi connectivity index (χ2v) is 3.38. The van der Waals surface area contributed by atoms with E-state index in [1.807, 2.05) is 6.07 Å². The van der Waals surface area contributed by atoms with Gasteiger partial charge < -0.3 is 10.5 Å². The van der Waals surface area contributed by atoms with E-state index in [0.717, 1.165) is 11.3 Å². The summed E-state index contributed by atoms with van der Waals surface area (Å²) in [5.74, 6) is 1.35. The van der Waals surface area contributed by atoms with E-state index in [1.54, 1.807) is 7.11 Å². The van der Waals surface area contributed by atoms with E-state index in [-0.39, 0.29) is 0 Å². The van der Waals surface area contributed by atoms with Gasteiger partial charge >= 0.3 is 0 Å². The largest absolute Gasteiger partial charge is 0.481 e. The third kappa shape index (κ3) is 1.65. The number of ether oxygens (including phenoxy) is 1. The molecule has 0 spiro atoms. The van der Waals surface area contributed by atoms with E-state index in [4.69, 9.17) is 10.5 Å². The summed E-state index contributed by atoms with van der Waals surface area (Å²) in [6.45, 7) is 0.487. The Bertz CT molecular complexity index is 308. The number of pyridine rings is 1. The van der Waals surface area contributed by atoms with Crippen molar-refractivity contribution in [2.45, 2.75) is 25.3 Å². The van der Waals surface area contributed by atoms with Crippen LogP contribution in [0.2, 0.25) is 0 Å². The Morgan fingerprint density at radius 3 is 2.85 bits per heavy atom. The SMILES string of the molecule is COc1nc(C2CC2)ccc1CN. The Morgan fingerprint density at radius 2 is 2.31 bits per heavy atom. The van der Waals surface area contributed by atoms with E-state index in [9.17, 15) is 0 Å². The zero-order chi connectivity index (χ0) is 9.26. The standard InChI is InChI=1S/C10H14N2O/c1-13-10-8(6-11)4-5-9(12-10)7-2-3-7/h4-5,7H,2-3,6,11H2,1H3. The minimum absolute atomic E-state index is 0.487. The summed E-state index contributed by atoms with van der Waals surface area (Å²) >= 11 is 0. The molecule has 3 heteroatoms. The summed E-state index contributed by atoms with van der Waals surface area (Å²) in [5.41, 5.74) is 7.67. The highest BCUT2D eigenvalue weighted by molar-refractivity contribution is 5.30. The molecule has 0 aromatic carbocycles. The number of hydrogen-bond donors (Lipinski definition) is 1. The van der Waals surface area contributed by atoms with E-state index in [1.165, 1.54) is 12.8 Å². The highest BCUT2D eigenvalue weighted by Crippen LogP contribution is 2.39. The lowest BCUT2D eigenvalue weighted by molar-refractivity contribution is 0.391. The second kappa shape index (κ2) is 3.34. The van der Waals surface area contributed by atoms with Crippen LogP contribution in [0.5, 0.6) is 5.88 Å². The molecule has 13 heavy (non-hydrogen) atoms. The molecular weight excluding hydrogens is 164 g/mol. The van der Waals surface area contributed by atoms with Crippen molar-refractivity contribution in [2.24, 2.45) is 5.73 Å². The van der Waals surface area contributed by atoms with Crippen LogP contribution in [0.4, 0.5) is 0 Å². The molecule has 1 saturated carbocycles. The Labute approximate surface area is 77.9 Å². The van der Waals surface area contributed by atoms with Crippen LogP contribution in [-0.4, -0.2) is 12.1 Å². The Morgan fingerprint density at radius 1 is 1.54 bits per heavy atom. The summed E-state index contributed by atoms with van der Waals surface area (Å²) in [6.07, 6.45) is 2.52. The van der Waals surface area contributed by atoms with Gasteiger partial charge in [-0.1, -0.05) is 6.07 Å². The van der Waals surface area contributed by atoms with Crippen LogP contribution in [0.3, 0.4) is 0 Å². The molecule has 1 aromatic rings. The zero-order valence-electron chi connectivity index (χ0n) is 7.79. The number of rotatable bonds is 3. The van der Waals surface area contributed by atoms with Crippen molar-refractivity contribution < 1.29 is 4.74 Å². The van der Waals surface area contributed by atoms with Crippen molar-refractivity contribution in [3.63, 3.8) is 0 Å². The van der Waals surface area contributed by atoms with Gasteiger partial charge in [0, 0.05) is 23.7 Å². The lowest BCUT2D eigenvalue weighted by Gasteiger charge is -2.06. The van der Waals surface area contributed by atoms with E-state index in [2.05, 4.69) is 11.1 Å². The van der Waals surface area contributed by atoms with Crippen LogP contribution in [-0.2, 0) is 6.54 Å². The average Bonchev–Trinajstić information content (AvgIpc) is 3.00. The monoisotopic (exact) mass is 178 g/mol. The minimum Gasteiger partial charge on any atom is -0.481 e. The molecule has 0 atom stereocenters. The van der Waals surface area contributed by atoms with Crippen molar-refractivity contribution in [1.82, 2.24) is 4.98 Å². The predicted molar refractivity (Wildman–Crippen MR) is 50.7 cm³/mol. The van der Waals surface area contributed by atoms with Gasteiger partial charge in [0.1, 0.15) is 0 Å². The smallest absolute Gasteiger partial charge is 0.217 e. The highest BCUT2D eigenvalue weighted by atomic mass is 16.5. The van der Waals surface area contributed by atoms with Crippen molar-refractivity contribution >= 4 is 0 Å². The topological polar surface area (TPSA) is 48.1 Å². The first-order chi connectivity index (χ1) is 6.35. The van der Waals surface area contributed by atoms with Crippen molar-refractivity contribution in [2.75, 3.05) is 7.11 Å². The van der Waals surface area contributed by atoms with Gasteiger partial charge in [0.05, 0.1) is 7.11 Å². The first kappa shape index (κ1) is 8.51. The van der Waals surface area contributed by atoms with Crippen molar-refractivity contribution in [1.29, 1.82) is 0 Å². The molecule has 1 aromatic heterocycles. The van der Waals surface area contributed by atoms with Gasteiger partial charge in [-0.15, -0.1) is 0 Å². The number of methoxy groups -OCH3 is 1. The first-order valence-electron chi connectivity index (χ1n) is 4.59. The molecule has 0 bridgehead atoms. The highest BCUT2D eigenvalue weighted by Gasteiger charge is 2.25. The maximum Gasteiger partial charge on any atom is 0.217 e. The van der Waals surface area contributed by atoms with Crippen LogP contribution >= 0.6 is 0 Å². The fourth-order valence-electron chi connectivity index (χ4n) is 1.42. The molecule has 2 rings (SSSR count). The molecule has 1 aliphatic carbocycles. The quantitative estimate of drug-likeness (QED) is 0.761. The van der Waals surface area contributed by atoms with Gasteiger partial charge in [0.25, 0.3) is 0 Å². The van der Waals surface area contributed by atoms with Gasteiger partial charge in [0.15, 0.2) is 0 Å². The van der Waals surface area contributed by atoms with Crippen molar-refractivity contribution in [3.05, 3.63) is 23.4 Å². The van der Waals surface area contributed by atoms with E-state index >= 15 is 0 Å². The second-order valence-electron chi connectivity index (χ2n) is 3.38. The molecule has 0 aliphatic heterocycles. The van der Waals surface area contributed by atoms with Crippen LogP contribution in [0.25, 0.3) is 0 Å². The first-order valence-corrected chi connectivity index (χ1v) is 4.59. The molecule has 1 fully saturated rings. The molecule has 0 radical (unpaired) electrons. The lowest BCUT2D eigenvalue weighted by atomic mass is 10.2. The van der Waals surface area contributed by atoms with Crippen LogP contribution in [0.1, 0.15) is 30.0 Å². The molecule has 70 valence electrons. The summed E-state index contributed by atoms with van der Waals surface area (Å²) < 4.78 is 5.16. The molecular formula is C10H14N2O. The van der Waals surface area contributed by atoms with E-state index in [0.29, 0.717) is 18.3 Å². The maximum absolute atomic E-state index is 5.55. The summed E-state index contributed by atoms with van der Waals surface area (Å²) in [4.78, 5) is 4.42. The lowest BCUT2D eigenvalue weighted by Crippen LogP contribution is -2.02. The molecule has 3 nitrogen and oxygen atoms in total. The van der Waals surface area contributed by atoms with Crippen LogP contribution in [0.15, 0.2) is 12.1 Å². The van der Waals surface area contributed by atoms with Crippen LogP contribution < -0.4 is 10.5 Å². The summed E-state index contributed by atoms with van der Waals surface area (Å²) in [6, 6.07) is 4.07. The third-order valence-corrected chi connectivity index (χ3v) is 2.37. The number of nitrogens with two attached hydrogens (primary N) is 1. The molecule has 1 aliphatic rings. The molecule has 1 heterocycles. The molecule has 0 unspecified atom stereocenters. The molecule has 0 amide bonds. The number of nitrogens with zero attached hydrogens (tertiary/aromatic N) is 1. The van der Waals surface area contributed by atoms with Gasteiger partial charge in [-0.2, -0.15) is 0 Å². The Balaban J connectivity index is 2.31. The maximum atomic E-state index is 5.55. The Kier molecular flexibility index (Phi) is 2.19. The molecule has 2 N–H and O–H groups in total. The number of aromatic nitrogens is 1. The average molecular weight is 178 g/mol. The fraction of sp³-hybridized carbons (Fsp3) is 0.500. The fourth-order valence-corrected chi connectivity index (χ4v) is 1.42. The zero-order valence-corrected chi connectivity index (χ0v) is 7.79. The van der Waals surface area contributed by atoms with Gasteiger partial charge in [0.2, 0.25) is 5.88 Å².